The van der Waals surface area contributed by atoms with Crippen molar-refractivity contribution in [1.29, 1.82) is 0 Å². The molecule has 0 bridgehead atoms. The molecule has 70 valence electrons. The first kappa shape index (κ1) is 9.21. The Kier molecular flexibility index (Phi) is 2.69. The summed E-state index contributed by atoms with van der Waals surface area (Å²) in [4.78, 5) is 0. The van der Waals surface area contributed by atoms with Crippen LogP contribution >= 0.6 is 22.6 Å². The van der Waals surface area contributed by atoms with Crippen molar-refractivity contribution in [3.63, 3.8) is 0 Å². The first-order chi connectivity index (χ1) is 6.27. The monoisotopic (exact) mass is 294 g/mol. The summed E-state index contributed by atoms with van der Waals surface area (Å²) in [5, 5.41) is 0. The molecule has 2 nitrogen and oxygen atoms in total. The smallest absolute Gasteiger partial charge is 0.168 e. The van der Waals surface area contributed by atoms with Gasteiger partial charge in [0.25, 0.3) is 0 Å². The predicted octanol–water partition coefficient (Wildman–Crippen LogP) is 2.21. The van der Waals surface area contributed by atoms with E-state index < -0.39 is 0 Å². The molecule has 1 aliphatic heterocycles. The fraction of sp³-hybridized carbons (Fsp3) is 0.333. The second-order valence-corrected chi connectivity index (χ2v) is 3.98. The van der Waals surface area contributed by atoms with Crippen molar-refractivity contribution in [3.8, 4) is 5.75 Å². The average Bonchev–Trinajstić information content (AvgIpc) is 2.87. The van der Waals surface area contributed by atoms with Crippen molar-refractivity contribution >= 4 is 22.6 Å². The Morgan fingerprint density at radius 1 is 1.62 bits per heavy atom. The van der Waals surface area contributed by atoms with Gasteiger partial charge in [0.15, 0.2) is 11.6 Å². The molecule has 1 aromatic rings. The van der Waals surface area contributed by atoms with Crippen LogP contribution in [-0.4, -0.2) is 19.3 Å². The minimum Gasteiger partial charge on any atom is -0.487 e. The van der Waals surface area contributed by atoms with Crippen LogP contribution in [0.1, 0.15) is 0 Å². The van der Waals surface area contributed by atoms with Crippen molar-refractivity contribution in [2.24, 2.45) is 0 Å². The van der Waals surface area contributed by atoms with E-state index in [4.69, 9.17) is 9.47 Å². The van der Waals surface area contributed by atoms with Crippen LogP contribution in [-0.2, 0) is 4.74 Å². The summed E-state index contributed by atoms with van der Waals surface area (Å²) in [7, 11) is 0. The summed E-state index contributed by atoms with van der Waals surface area (Å²) in [5.74, 6) is 0.0196. The summed E-state index contributed by atoms with van der Waals surface area (Å²) in [6, 6.07) is 4.87. The number of hydrogen-bond donors (Lipinski definition) is 0. The Bertz CT molecular complexity index is 292. The molecule has 1 aliphatic rings. The van der Waals surface area contributed by atoms with Gasteiger partial charge in [-0.1, -0.05) is 6.07 Å². The lowest BCUT2D eigenvalue weighted by molar-refractivity contribution is 0.252. The van der Waals surface area contributed by atoms with Crippen LogP contribution in [0, 0.1) is 9.39 Å². The van der Waals surface area contributed by atoms with Crippen molar-refractivity contribution in [2.75, 3.05) is 13.2 Å². The first-order valence-electron chi connectivity index (χ1n) is 3.96. The average molecular weight is 294 g/mol. The van der Waals surface area contributed by atoms with Gasteiger partial charge in [-0.2, -0.15) is 0 Å². The summed E-state index contributed by atoms with van der Waals surface area (Å²) in [6.07, 6.45) is 0.162. The molecule has 0 unspecified atom stereocenters. The molecule has 1 saturated heterocycles. The van der Waals surface area contributed by atoms with Gasteiger partial charge < -0.3 is 9.47 Å². The Hall–Kier alpha value is -0.360. The van der Waals surface area contributed by atoms with E-state index in [1.165, 1.54) is 6.07 Å². The highest BCUT2D eigenvalue weighted by atomic mass is 127. The minimum atomic E-state index is -0.312. The lowest BCUT2D eigenvalue weighted by Gasteiger charge is -2.06. The fourth-order valence-corrected chi connectivity index (χ4v) is 1.58. The molecular formula is C9H8FIO2. The summed E-state index contributed by atoms with van der Waals surface area (Å²) in [6.45, 7) is 1.17. The molecule has 1 atom stereocenters. The van der Waals surface area contributed by atoms with Gasteiger partial charge >= 0.3 is 0 Å². The quantitative estimate of drug-likeness (QED) is 0.630. The normalized spacial score (nSPS) is 20.0. The largest absolute Gasteiger partial charge is 0.487 e. The van der Waals surface area contributed by atoms with E-state index in [-0.39, 0.29) is 11.9 Å². The number of halogens is 2. The van der Waals surface area contributed by atoms with E-state index in [0.717, 1.165) is 10.2 Å². The SMILES string of the molecule is Fc1cccc(I)c1OC[C@@H]1CO1. The Morgan fingerprint density at radius 3 is 3.00 bits per heavy atom. The number of epoxide rings is 1. The van der Waals surface area contributed by atoms with E-state index in [9.17, 15) is 4.39 Å². The molecule has 1 fully saturated rings. The van der Waals surface area contributed by atoms with Crippen LogP contribution < -0.4 is 4.74 Å². The third-order valence-electron chi connectivity index (χ3n) is 1.73. The number of hydrogen-bond acceptors (Lipinski definition) is 2. The molecular weight excluding hydrogens is 286 g/mol. The lowest BCUT2D eigenvalue weighted by atomic mass is 10.3. The minimum absolute atomic E-state index is 0.162. The van der Waals surface area contributed by atoms with Crippen molar-refractivity contribution < 1.29 is 13.9 Å². The highest BCUT2D eigenvalue weighted by Gasteiger charge is 2.24. The van der Waals surface area contributed by atoms with Crippen molar-refractivity contribution in [3.05, 3.63) is 27.6 Å². The van der Waals surface area contributed by atoms with Gasteiger partial charge in [-0.25, -0.2) is 4.39 Å². The standard InChI is InChI=1S/C9H8FIO2/c10-7-2-1-3-8(11)9(7)13-5-6-4-12-6/h1-3,6H,4-5H2/t6-/m0/s1. The Balaban J connectivity index is 2.07. The predicted molar refractivity (Wildman–Crippen MR) is 54.4 cm³/mol. The third-order valence-corrected chi connectivity index (χ3v) is 2.58. The van der Waals surface area contributed by atoms with Gasteiger partial charge in [-0.05, 0) is 34.7 Å². The van der Waals surface area contributed by atoms with Gasteiger partial charge in [0.2, 0.25) is 0 Å². The van der Waals surface area contributed by atoms with Gasteiger partial charge in [0, 0.05) is 0 Å². The van der Waals surface area contributed by atoms with E-state index in [2.05, 4.69) is 0 Å². The van der Waals surface area contributed by atoms with Gasteiger partial charge in [0.1, 0.15) is 12.7 Å². The van der Waals surface area contributed by atoms with Gasteiger partial charge in [-0.3, -0.25) is 0 Å². The Morgan fingerprint density at radius 2 is 2.38 bits per heavy atom. The van der Waals surface area contributed by atoms with Crippen LogP contribution in [0.2, 0.25) is 0 Å². The zero-order valence-corrected chi connectivity index (χ0v) is 8.95. The van der Waals surface area contributed by atoms with Crippen LogP contribution in [0.4, 0.5) is 4.39 Å². The summed E-state index contributed by atoms with van der Waals surface area (Å²) >= 11 is 2.05. The molecule has 4 heteroatoms. The molecule has 0 aromatic heterocycles. The van der Waals surface area contributed by atoms with Crippen LogP contribution in [0.5, 0.6) is 5.75 Å². The highest BCUT2D eigenvalue weighted by Crippen LogP contribution is 2.25. The van der Waals surface area contributed by atoms with Crippen LogP contribution in [0.15, 0.2) is 18.2 Å². The Labute approximate surface area is 89.2 Å². The van der Waals surface area contributed by atoms with Gasteiger partial charge in [-0.15, -0.1) is 0 Å². The van der Waals surface area contributed by atoms with Crippen LogP contribution in [0.3, 0.4) is 0 Å². The zero-order valence-electron chi connectivity index (χ0n) is 6.80. The fourth-order valence-electron chi connectivity index (χ4n) is 0.961. The third kappa shape index (κ3) is 2.31. The molecule has 0 N–H and O–H groups in total. The zero-order chi connectivity index (χ0) is 9.26. The molecule has 13 heavy (non-hydrogen) atoms. The van der Waals surface area contributed by atoms with Crippen LogP contribution in [0.25, 0.3) is 0 Å². The number of ether oxygens (including phenoxy) is 2. The molecule has 0 radical (unpaired) electrons. The molecule has 2 rings (SSSR count). The van der Waals surface area contributed by atoms with E-state index >= 15 is 0 Å². The first-order valence-corrected chi connectivity index (χ1v) is 5.03. The molecule has 1 heterocycles. The highest BCUT2D eigenvalue weighted by molar-refractivity contribution is 14.1. The maximum Gasteiger partial charge on any atom is 0.168 e. The number of benzene rings is 1. The van der Waals surface area contributed by atoms with Crippen molar-refractivity contribution in [2.45, 2.75) is 6.10 Å². The van der Waals surface area contributed by atoms with E-state index in [0.29, 0.717) is 12.4 Å². The molecule has 0 amide bonds. The molecule has 0 spiro atoms. The second-order valence-electron chi connectivity index (χ2n) is 2.82. The molecule has 1 aromatic carbocycles. The summed E-state index contributed by atoms with van der Waals surface area (Å²) < 4.78 is 24.2. The lowest BCUT2D eigenvalue weighted by Crippen LogP contribution is -2.06. The maximum absolute atomic E-state index is 13.2. The van der Waals surface area contributed by atoms with Gasteiger partial charge in [0.05, 0.1) is 10.2 Å². The summed E-state index contributed by atoms with van der Waals surface area (Å²) in [5.41, 5.74) is 0. The topological polar surface area (TPSA) is 21.8 Å². The number of para-hydroxylation sites is 1. The van der Waals surface area contributed by atoms with Crippen molar-refractivity contribution in [1.82, 2.24) is 0 Å². The van der Waals surface area contributed by atoms with E-state index in [1.54, 1.807) is 6.07 Å². The molecule has 0 aliphatic carbocycles. The second kappa shape index (κ2) is 3.79. The maximum atomic E-state index is 13.2. The number of rotatable bonds is 3. The molecule has 0 saturated carbocycles. The van der Waals surface area contributed by atoms with E-state index in [1.807, 2.05) is 28.7 Å².